The smallest absolute Gasteiger partial charge is 0.191 e. The fourth-order valence-electron chi connectivity index (χ4n) is 3.25. The van der Waals surface area contributed by atoms with Crippen molar-refractivity contribution in [3.8, 4) is 0 Å². The lowest BCUT2D eigenvalue weighted by molar-refractivity contribution is 0.129. The molecule has 1 fully saturated rings. The largest absolute Gasteiger partial charge is 0.357 e. The molecule has 0 saturated carbocycles. The molecular formula is C21H32IN5S. The van der Waals surface area contributed by atoms with E-state index in [0.29, 0.717) is 0 Å². The number of aliphatic imine (C=N–C) groups is 1. The van der Waals surface area contributed by atoms with Gasteiger partial charge in [0, 0.05) is 57.2 Å². The second-order valence-electron chi connectivity index (χ2n) is 6.80. The summed E-state index contributed by atoms with van der Waals surface area (Å²) in [5.41, 5.74) is 1.41. The zero-order valence-corrected chi connectivity index (χ0v) is 19.8. The zero-order chi connectivity index (χ0) is 18.7. The van der Waals surface area contributed by atoms with Gasteiger partial charge in [-0.15, -0.1) is 35.3 Å². The average molecular weight is 513 g/mol. The van der Waals surface area contributed by atoms with Gasteiger partial charge in [-0.25, -0.2) is 4.99 Å². The van der Waals surface area contributed by atoms with E-state index in [1.165, 1.54) is 10.4 Å². The first-order valence-electron chi connectivity index (χ1n) is 9.86. The molecule has 28 heavy (non-hydrogen) atoms. The Labute approximate surface area is 190 Å². The van der Waals surface area contributed by atoms with Crippen LogP contribution in [-0.4, -0.2) is 61.6 Å². The third-order valence-corrected chi connectivity index (χ3v) is 5.61. The molecule has 1 saturated heterocycles. The summed E-state index contributed by atoms with van der Waals surface area (Å²) in [6.45, 7) is 11.3. The van der Waals surface area contributed by atoms with Gasteiger partial charge >= 0.3 is 0 Å². The van der Waals surface area contributed by atoms with E-state index in [0.717, 1.165) is 64.9 Å². The molecule has 0 atom stereocenters. The van der Waals surface area contributed by atoms with Gasteiger partial charge in [0.25, 0.3) is 0 Å². The molecule has 0 unspecified atom stereocenters. The monoisotopic (exact) mass is 513 g/mol. The van der Waals surface area contributed by atoms with E-state index in [9.17, 15) is 0 Å². The predicted octanol–water partition coefficient (Wildman–Crippen LogP) is 3.24. The molecule has 2 N–H and O–H groups in total. The van der Waals surface area contributed by atoms with Gasteiger partial charge in [-0.1, -0.05) is 36.4 Å². The van der Waals surface area contributed by atoms with E-state index in [1.54, 1.807) is 11.3 Å². The number of nitrogens with zero attached hydrogens (tertiary/aromatic N) is 3. The van der Waals surface area contributed by atoms with Crippen LogP contribution in [0.4, 0.5) is 0 Å². The molecule has 7 heteroatoms. The van der Waals surface area contributed by atoms with Gasteiger partial charge in [0.2, 0.25) is 0 Å². The summed E-state index contributed by atoms with van der Waals surface area (Å²) in [5.74, 6) is 0.911. The van der Waals surface area contributed by atoms with Crippen molar-refractivity contribution in [2.24, 2.45) is 4.99 Å². The molecule has 1 aliphatic heterocycles. The predicted molar refractivity (Wildman–Crippen MR) is 131 cm³/mol. The molecular weight excluding hydrogens is 481 g/mol. The zero-order valence-electron chi connectivity index (χ0n) is 16.6. The minimum Gasteiger partial charge on any atom is -0.357 e. The Kier molecular flexibility index (Phi) is 10.8. The number of thiophene rings is 1. The minimum atomic E-state index is 0. The van der Waals surface area contributed by atoms with E-state index >= 15 is 0 Å². The van der Waals surface area contributed by atoms with Crippen LogP contribution >= 0.6 is 35.3 Å². The minimum absolute atomic E-state index is 0. The number of guanidine groups is 1. The van der Waals surface area contributed by atoms with Crippen molar-refractivity contribution in [3.63, 3.8) is 0 Å². The van der Waals surface area contributed by atoms with Gasteiger partial charge in [-0.05, 0) is 23.9 Å². The van der Waals surface area contributed by atoms with Gasteiger partial charge < -0.3 is 10.6 Å². The van der Waals surface area contributed by atoms with E-state index in [1.807, 2.05) is 0 Å². The third-order valence-electron chi connectivity index (χ3n) is 4.75. The van der Waals surface area contributed by atoms with E-state index < -0.39 is 0 Å². The maximum atomic E-state index is 4.68. The number of rotatable bonds is 8. The third kappa shape index (κ3) is 8.06. The van der Waals surface area contributed by atoms with Crippen LogP contribution in [0, 0.1) is 0 Å². The van der Waals surface area contributed by atoms with E-state index in [4.69, 9.17) is 0 Å². The Hall–Kier alpha value is -1.16. The maximum absolute atomic E-state index is 4.68. The van der Waals surface area contributed by atoms with Crippen molar-refractivity contribution in [3.05, 3.63) is 58.3 Å². The topological polar surface area (TPSA) is 42.9 Å². The Morgan fingerprint density at radius 2 is 1.75 bits per heavy atom. The summed E-state index contributed by atoms with van der Waals surface area (Å²) in [5, 5.41) is 8.90. The van der Waals surface area contributed by atoms with Crippen LogP contribution in [0.25, 0.3) is 0 Å². The summed E-state index contributed by atoms with van der Waals surface area (Å²) >= 11 is 1.75. The lowest BCUT2D eigenvalue weighted by Crippen LogP contribution is -2.49. The van der Waals surface area contributed by atoms with Crippen molar-refractivity contribution in [2.45, 2.75) is 20.0 Å². The molecule has 0 spiro atoms. The fraction of sp³-hybridized carbons (Fsp3) is 0.476. The number of halogens is 1. The molecule has 5 nitrogen and oxygen atoms in total. The standard InChI is InChI=1S/C21H31N5S.HI/c1-2-22-21(24-17-20-9-6-16-27-20)23-10-11-25-12-14-26(15-13-25)18-19-7-4-3-5-8-19;/h3-9,16H,2,10-15,17-18H2,1H3,(H2,22,23,24);1H. The molecule has 0 amide bonds. The van der Waals surface area contributed by atoms with Crippen molar-refractivity contribution in [1.82, 2.24) is 20.4 Å². The summed E-state index contributed by atoms with van der Waals surface area (Å²) < 4.78 is 0. The maximum Gasteiger partial charge on any atom is 0.191 e. The molecule has 2 aromatic rings. The van der Waals surface area contributed by atoms with Crippen molar-refractivity contribution >= 4 is 41.3 Å². The Balaban J connectivity index is 0.00000280. The van der Waals surface area contributed by atoms with E-state index in [2.05, 4.69) is 80.2 Å². The van der Waals surface area contributed by atoms with Crippen molar-refractivity contribution in [1.29, 1.82) is 0 Å². The highest BCUT2D eigenvalue weighted by Gasteiger charge is 2.16. The summed E-state index contributed by atoms with van der Waals surface area (Å²) in [4.78, 5) is 11.1. The first-order valence-corrected chi connectivity index (χ1v) is 10.7. The van der Waals surface area contributed by atoms with Crippen molar-refractivity contribution in [2.75, 3.05) is 45.8 Å². The Morgan fingerprint density at radius 1 is 1.00 bits per heavy atom. The fourth-order valence-corrected chi connectivity index (χ4v) is 3.87. The molecule has 2 heterocycles. The molecule has 0 radical (unpaired) electrons. The van der Waals surface area contributed by atoms with Gasteiger partial charge in [-0.2, -0.15) is 0 Å². The first-order chi connectivity index (χ1) is 13.3. The molecule has 0 bridgehead atoms. The molecule has 1 aromatic heterocycles. The average Bonchev–Trinajstić information content (AvgIpc) is 3.22. The highest BCUT2D eigenvalue weighted by molar-refractivity contribution is 14.0. The van der Waals surface area contributed by atoms with Crippen LogP contribution in [-0.2, 0) is 13.1 Å². The Bertz CT molecular complexity index is 669. The lowest BCUT2D eigenvalue weighted by Gasteiger charge is -2.34. The molecule has 1 aliphatic rings. The quantitative estimate of drug-likeness (QED) is 0.323. The highest BCUT2D eigenvalue weighted by atomic mass is 127. The van der Waals surface area contributed by atoms with Crippen LogP contribution in [0.1, 0.15) is 17.4 Å². The van der Waals surface area contributed by atoms with Gasteiger partial charge in [0.15, 0.2) is 5.96 Å². The normalized spacial score (nSPS) is 15.8. The van der Waals surface area contributed by atoms with Crippen molar-refractivity contribution < 1.29 is 0 Å². The molecule has 3 rings (SSSR count). The van der Waals surface area contributed by atoms with Crippen LogP contribution in [0.2, 0.25) is 0 Å². The summed E-state index contributed by atoms with van der Waals surface area (Å²) in [7, 11) is 0. The SMILES string of the molecule is CCNC(=NCc1cccs1)NCCN1CCN(Cc2ccccc2)CC1.I. The Morgan fingerprint density at radius 3 is 2.43 bits per heavy atom. The van der Waals surface area contributed by atoms with Gasteiger partial charge in [0.05, 0.1) is 6.54 Å². The summed E-state index contributed by atoms with van der Waals surface area (Å²) in [6.07, 6.45) is 0. The number of nitrogens with one attached hydrogen (secondary N) is 2. The molecule has 0 aliphatic carbocycles. The first kappa shape index (κ1) is 23.1. The summed E-state index contributed by atoms with van der Waals surface area (Å²) in [6, 6.07) is 15.0. The van der Waals surface area contributed by atoms with E-state index in [-0.39, 0.29) is 24.0 Å². The number of benzene rings is 1. The second-order valence-corrected chi connectivity index (χ2v) is 7.84. The van der Waals surface area contributed by atoms with Crippen LogP contribution < -0.4 is 10.6 Å². The molecule has 1 aromatic carbocycles. The van der Waals surface area contributed by atoms with Crippen LogP contribution in [0.15, 0.2) is 52.8 Å². The highest BCUT2D eigenvalue weighted by Crippen LogP contribution is 2.09. The van der Waals surface area contributed by atoms with Crippen LogP contribution in [0.5, 0.6) is 0 Å². The molecule has 154 valence electrons. The lowest BCUT2D eigenvalue weighted by atomic mass is 10.2. The number of piperazine rings is 1. The second kappa shape index (κ2) is 13.1. The van der Waals surface area contributed by atoms with Gasteiger partial charge in [-0.3, -0.25) is 9.80 Å². The number of hydrogen-bond donors (Lipinski definition) is 2. The number of hydrogen-bond acceptors (Lipinski definition) is 4. The van der Waals surface area contributed by atoms with Gasteiger partial charge in [0.1, 0.15) is 0 Å². The van der Waals surface area contributed by atoms with Crippen LogP contribution in [0.3, 0.4) is 0 Å².